The highest BCUT2D eigenvalue weighted by Crippen LogP contribution is 2.32. The number of allylic oxidation sites excluding steroid dienone is 1. The molecule has 0 aliphatic heterocycles. The van der Waals surface area contributed by atoms with Crippen LogP contribution in [0.1, 0.15) is 37.5 Å². The van der Waals surface area contributed by atoms with Crippen LogP contribution in [0, 0.1) is 6.92 Å². The lowest BCUT2D eigenvalue weighted by atomic mass is 9.87. The lowest BCUT2D eigenvalue weighted by Crippen LogP contribution is -2.29. The zero-order valence-corrected chi connectivity index (χ0v) is 19.4. The van der Waals surface area contributed by atoms with E-state index in [9.17, 15) is 0 Å². The Balaban J connectivity index is 2.18. The third kappa shape index (κ3) is 3.74. The number of aryl methyl sites for hydroxylation is 1. The van der Waals surface area contributed by atoms with E-state index < -0.39 is 0 Å². The molecule has 4 aromatic rings. The molecule has 158 valence electrons. The second kappa shape index (κ2) is 9.24. The van der Waals surface area contributed by atoms with E-state index in [-0.39, 0.29) is 0 Å². The van der Waals surface area contributed by atoms with Gasteiger partial charge in [-0.25, -0.2) is 0 Å². The largest absolute Gasteiger partial charge is 0.0984 e. The van der Waals surface area contributed by atoms with Crippen molar-refractivity contribution in [1.29, 1.82) is 0 Å². The lowest BCUT2D eigenvalue weighted by molar-refractivity contribution is 1.45. The maximum Gasteiger partial charge on any atom is -0.00296 e. The summed E-state index contributed by atoms with van der Waals surface area (Å²) in [7, 11) is 0. The number of fused-ring (bicyclic) bond motifs is 1. The molecule has 4 aromatic carbocycles. The molecule has 32 heavy (non-hydrogen) atoms. The normalized spacial score (nSPS) is 12.8. The minimum Gasteiger partial charge on any atom is -0.0984 e. The highest BCUT2D eigenvalue weighted by atomic mass is 14.2. The monoisotopic (exact) mass is 414 g/mol. The fourth-order valence-corrected chi connectivity index (χ4v) is 4.66. The van der Waals surface area contributed by atoms with Gasteiger partial charge in [0, 0.05) is 0 Å². The number of hydrogen-bond acceptors (Lipinski definition) is 0. The number of rotatable bonds is 4. The van der Waals surface area contributed by atoms with E-state index in [1.165, 1.54) is 54.6 Å². The fourth-order valence-electron chi connectivity index (χ4n) is 4.66. The molecule has 0 aromatic heterocycles. The van der Waals surface area contributed by atoms with Gasteiger partial charge in [0.2, 0.25) is 0 Å². The van der Waals surface area contributed by atoms with E-state index in [0.29, 0.717) is 0 Å². The molecule has 0 spiro atoms. The van der Waals surface area contributed by atoms with Crippen molar-refractivity contribution in [2.45, 2.75) is 27.7 Å². The first-order chi connectivity index (χ1) is 15.6. The number of hydrogen-bond donors (Lipinski definition) is 0. The van der Waals surface area contributed by atoms with Gasteiger partial charge in [-0.1, -0.05) is 103 Å². The summed E-state index contributed by atoms with van der Waals surface area (Å²) in [6.07, 6.45) is 10.7. The zero-order chi connectivity index (χ0) is 22.7. The highest BCUT2D eigenvalue weighted by molar-refractivity contribution is 6.05. The Morgan fingerprint density at radius 3 is 1.75 bits per heavy atom. The maximum absolute atomic E-state index is 3.99. The van der Waals surface area contributed by atoms with E-state index in [0.717, 1.165) is 5.56 Å². The van der Waals surface area contributed by atoms with E-state index in [2.05, 4.69) is 125 Å². The van der Waals surface area contributed by atoms with Gasteiger partial charge < -0.3 is 0 Å². The first-order valence-corrected chi connectivity index (χ1v) is 11.3. The van der Waals surface area contributed by atoms with Crippen LogP contribution in [0.5, 0.6) is 0 Å². The van der Waals surface area contributed by atoms with Gasteiger partial charge in [-0.3, -0.25) is 0 Å². The van der Waals surface area contributed by atoms with Gasteiger partial charge in [-0.15, -0.1) is 0 Å². The molecule has 0 heteroatoms. The highest BCUT2D eigenvalue weighted by Gasteiger charge is 2.14. The van der Waals surface area contributed by atoms with E-state index in [1.54, 1.807) is 0 Å². The summed E-state index contributed by atoms with van der Waals surface area (Å²) in [4.78, 5) is 0. The topological polar surface area (TPSA) is 0 Å². The third-order valence-corrected chi connectivity index (χ3v) is 6.15. The van der Waals surface area contributed by atoms with Crippen molar-refractivity contribution >= 4 is 35.1 Å². The summed E-state index contributed by atoms with van der Waals surface area (Å²) in [5, 5.41) is 5.12. The molecule has 0 bridgehead atoms. The van der Waals surface area contributed by atoms with Gasteiger partial charge in [-0.05, 0) is 88.4 Å². The number of benzene rings is 4. The van der Waals surface area contributed by atoms with Crippen LogP contribution >= 0.6 is 0 Å². The van der Waals surface area contributed by atoms with Crippen LogP contribution in [0.15, 0.2) is 79.4 Å². The molecule has 0 heterocycles. The molecule has 4 rings (SSSR count). The molecule has 0 aliphatic rings. The van der Waals surface area contributed by atoms with Crippen LogP contribution in [0.4, 0.5) is 0 Å². The molecule has 0 radical (unpaired) electrons. The summed E-state index contributed by atoms with van der Waals surface area (Å²) in [6, 6.07) is 24.4. The summed E-state index contributed by atoms with van der Waals surface area (Å²) < 4.78 is 0. The van der Waals surface area contributed by atoms with Crippen molar-refractivity contribution in [2.24, 2.45) is 0 Å². The average Bonchev–Trinajstić information content (AvgIpc) is 2.83. The molecular weight excluding hydrogens is 384 g/mol. The quantitative estimate of drug-likeness (QED) is 0.320. The van der Waals surface area contributed by atoms with Gasteiger partial charge in [0.1, 0.15) is 0 Å². The molecule has 0 atom stereocenters. The van der Waals surface area contributed by atoms with Crippen LogP contribution < -0.4 is 10.4 Å². The SMILES string of the molecule is C=Cc1ccc(-c2c(=C/C)/c(=C\C)c(-c3ccc(C)cc3)c3ccccc23)cc1/C=C\C. The summed E-state index contributed by atoms with van der Waals surface area (Å²) in [5.74, 6) is 0. The Bertz CT molecular complexity index is 1450. The Morgan fingerprint density at radius 2 is 1.22 bits per heavy atom. The first-order valence-electron chi connectivity index (χ1n) is 11.3. The smallest absolute Gasteiger partial charge is 0.00296 e. The van der Waals surface area contributed by atoms with Crippen LogP contribution in [0.3, 0.4) is 0 Å². The molecular formula is C32H30. The standard InChI is InChI=1S/C32H30/c1-6-12-25-21-26(20-19-23(25)7-2)32-28(9-4)27(8-3)31(24-17-15-22(5)16-18-24)29-13-10-11-14-30(29)32/h6-21H,2H2,1,3-5H3/b12-6-,27-8+,28-9+. The summed E-state index contributed by atoms with van der Waals surface area (Å²) in [6.45, 7) is 12.5. The minimum absolute atomic E-state index is 1.15. The second-order valence-corrected chi connectivity index (χ2v) is 8.11. The summed E-state index contributed by atoms with van der Waals surface area (Å²) >= 11 is 0. The van der Waals surface area contributed by atoms with Crippen LogP contribution in [0.25, 0.3) is 57.3 Å². The first kappa shape index (κ1) is 21.6. The third-order valence-electron chi connectivity index (χ3n) is 6.15. The van der Waals surface area contributed by atoms with Gasteiger partial charge >= 0.3 is 0 Å². The van der Waals surface area contributed by atoms with Gasteiger partial charge in [0.15, 0.2) is 0 Å². The Kier molecular flexibility index (Phi) is 6.23. The second-order valence-electron chi connectivity index (χ2n) is 8.11. The summed E-state index contributed by atoms with van der Waals surface area (Å²) in [5.41, 5.74) is 8.69. The average molecular weight is 415 g/mol. The predicted octanol–water partition coefficient (Wildman–Crippen LogP) is 7.76. The van der Waals surface area contributed by atoms with E-state index in [4.69, 9.17) is 0 Å². The molecule has 0 unspecified atom stereocenters. The lowest BCUT2D eigenvalue weighted by Gasteiger charge is -2.16. The van der Waals surface area contributed by atoms with Crippen LogP contribution in [-0.2, 0) is 0 Å². The van der Waals surface area contributed by atoms with Gasteiger partial charge in [0.25, 0.3) is 0 Å². The maximum atomic E-state index is 3.99. The van der Waals surface area contributed by atoms with Gasteiger partial charge in [0.05, 0.1) is 0 Å². The van der Waals surface area contributed by atoms with Crippen LogP contribution in [0.2, 0.25) is 0 Å². The Morgan fingerprint density at radius 1 is 0.656 bits per heavy atom. The Labute approximate surface area is 191 Å². The van der Waals surface area contributed by atoms with E-state index >= 15 is 0 Å². The molecule has 0 fully saturated rings. The Hall–Kier alpha value is -3.64. The van der Waals surface area contributed by atoms with Crippen molar-refractivity contribution in [1.82, 2.24) is 0 Å². The predicted molar refractivity (Wildman–Crippen MR) is 144 cm³/mol. The molecule has 0 nitrogen and oxygen atoms in total. The van der Waals surface area contributed by atoms with Crippen molar-refractivity contribution in [3.63, 3.8) is 0 Å². The zero-order valence-electron chi connectivity index (χ0n) is 19.4. The molecule has 0 aliphatic carbocycles. The van der Waals surface area contributed by atoms with Crippen LogP contribution in [-0.4, -0.2) is 0 Å². The van der Waals surface area contributed by atoms with Crippen molar-refractivity contribution in [2.75, 3.05) is 0 Å². The van der Waals surface area contributed by atoms with E-state index in [1.807, 2.05) is 6.08 Å². The molecule has 0 saturated heterocycles. The van der Waals surface area contributed by atoms with Crippen molar-refractivity contribution < 1.29 is 0 Å². The molecule has 0 N–H and O–H groups in total. The van der Waals surface area contributed by atoms with Crippen molar-refractivity contribution in [3.8, 4) is 22.3 Å². The van der Waals surface area contributed by atoms with Gasteiger partial charge in [-0.2, -0.15) is 0 Å². The van der Waals surface area contributed by atoms with Crippen molar-refractivity contribution in [3.05, 3.63) is 107 Å². The molecule has 0 amide bonds. The molecule has 0 saturated carbocycles. The minimum atomic E-state index is 1.15. The fraction of sp³-hybridized carbons (Fsp3) is 0.125.